The van der Waals surface area contributed by atoms with Crippen molar-refractivity contribution in [3.8, 4) is 5.75 Å². The number of phenolic OH excluding ortho intramolecular Hbond substituents is 1. The zero-order valence-electron chi connectivity index (χ0n) is 21.2. The maximum Gasteiger partial charge on any atom is 0.295 e. The molecule has 0 spiro atoms. The molecule has 0 aliphatic carbocycles. The van der Waals surface area contributed by atoms with E-state index in [1.165, 1.54) is 0 Å². The van der Waals surface area contributed by atoms with E-state index in [0.717, 1.165) is 57.3 Å². The van der Waals surface area contributed by atoms with Crippen LogP contribution in [0.5, 0.6) is 5.75 Å². The van der Waals surface area contributed by atoms with Crippen LogP contribution in [0.25, 0.3) is 5.76 Å². The van der Waals surface area contributed by atoms with Gasteiger partial charge in [-0.15, -0.1) is 0 Å². The van der Waals surface area contributed by atoms with Gasteiger partial charge < -0.3 is 20.0 Å². The molecule has 1 saturated heterocycles. The van der Waals surface area contributed by atoms with Crippen molar-refractivity contribution in [1.29, 1.82) is 0 Å². The van der Waals surface area contributed by atoms with Crippen molar-refractivity contribution in [2.45, 2.75) is 58.9 Å². The first-order chi connectivity index (χ1) is 16.9. The number of rotatable bonds is 12. The molecule has 6 heteroatoms. The van der Waals surface area contributed by atoms with Crippen LogP contribution < -0.4 is 0 Å². The van der Waals surface area contributed by atoms with Crippen LogP contribution in [0.2, 0.25) is 0 Å². The molecule has 0 bridgehead atoms. The number of Topliss-reactive ketones (excluding diaryl/α,β-unsaturated/α-hetero) is 1. The average molecular weight is 479 g/mol. The molecule has 3 rings (SSSR count). The smallest absolute Gasteiger partial charge is 0.295 e. The van der Waals surface area contributed by atoms with Gasteiger partial charge in [0.2, 0.25) is 0 Å². The van der Waals surface area contributed by atoms with E-state index in [9.17, 15) is 19.8 Å². The molecule has 188 valence electrons. The Labute approximate surface area is 208 Å². The molecule has 1 atom stereocenters. The summed E-state index contributed by atoms with van der Waals surface area (Å²) < 4.78 is 0. The molecule has 1 aliphatic rings. The minimum Gasteiger partial charge on any atom is -0.508 e. The van der Waals surface area contributed by atoms with Crippen LogP contribution in [0.15, 0.2) is 54.1 Å². The van der Waals surface area contributed by atoms with E-state index in [-0.39, 0.29) is 17.1 Å². The first kappa shape index (κ1) is 26.5. The number of carbonyl (C=O) groups is 2. The van der Waals surface area contributed by atoms with Crippen molar-refractivity contribution >= 4 is 17.4 Å². The molecular formula is C29H38N2O4. The molecule has 1 amide bonds. The second-order valence-electron chi connectivity index (χ2n) is 9.35. The minimum atomic E-state index is -0.698. The largest absolute Gasteiger partial charge is 0.508 e. The molecule has 0 aromatic heterocycles. The molecule has 0 saturated carbocycles. The van der Waals surface area contributed by atoms with Crippen molar-refractivity contribution in [3.05, 3.63) is 70.8 Å². The van der Waals surface area contributed by atoms with Crippen LogP contribution in [-0.4, -0.2) is 57.9 Å². The van der Waals surface area contributed by atoms with Crippen molar-refractivity contribution in [2.75, 3.05) is 26.2 Å². The summed E-state index contributed by atoms with van der Waals surface area (Å²) in [5.41, 5.74) is 2.32. The molecule has 1 unspecified atom stereocenters. The third kappa shape index (κ3) is 6.51. The lowest BCUT2D eigenvalue weighted by Crippen LogP contribution is -2.34. The zero-order valence-corrected chi connectivity index (χ0v) is 21.2. The topological polar surface area (TPSA) is 81.1 Å². The number of likely N-dealkylation sites (tertiary alicyclic amines) is 1. The Hall–Kier alpha value is -3.12. The van der Waals surface area contributed by atoms with Gasteiger partial charge in [0, 0.05) is 12.1 Å². The first-order valence-corrected chi connectivity index (χ1v) is 12.7. The molecule has 2 aromatic rings. The monoisotopic (exact) mass is 478 g/mol. The summed E-state index contributed by atoms with van der Waals surface area (Å²) in [6.45, 7) is 9.64. The summed E-state index contributed by atoms with van der Waals surface area (Å²) in [7, 11) is 0. The van der Waals surface area contributed by atoms with Crippen LogP contribution in [0, 0.1) is 6.92 Å². The molecule has 1 heterocycles. The Morgan fingerprint density at radius 1 is 0.886 bits per heavy atom. The number of aryl methyl sites for hydroxylation is 1. The summed E-state index contributed by atoms with van der Waals surface area (Å²) in [5.74, 6) is -1.33. The number of aromatic hydroxyl groups is 1. The highest BCUT2D eigenvalue weighted by Crippen LogP contribution is 2.39. The number of hydrogen-bond donors (Lipinski definition) is 2. The maximum absolute atomic E-state index is 13.2. The number of carbonyl (C=O) groups excluding carboxylic acids is 2. The van der Waals surface area contributed by atoms with Crippen molar-refractivity contribution in [2.24, 2.45) is 0 Å². The second kappa shape index (κ2) is 12.5. The Morgan fingerprint density at radius 2 is 1.46 bits per heavy atom. The molecule has 1 aliphatic heterocycles. The molecule has 6 nitrogen and oxygen atoms in total. The summed E-state index contributed by atoms with van der Waals surface area (Å²) in [6.07, 6.45) is 5.28. The molecular weight excluding hydrogens is 440 g/mol. The molecule has 2 N–H and O–H groups in total. The predicted octanol–water partition coefficient (Wildman–Crippen LogP) is 5.41. The Kier molecular flexibility index (Phi) is 9.49. The van der Waals surface area contributed by atoms with Gasteiger partial charge in [0.15, 0.2) is 0 Å². The summed E-state index contributed by atoms with van der Waals surface area (Å²) in [6, 6.07) is 13.0. The van der Waals surface area contributed by atoms with E-state index in [0.29, 0.717) is 17.7 Å². The highest BCUT2D eigenvalue weighted by molar-refractivity contribution is 6.46. The number of ketones is 1. The van der Waals surface area contributed by atoms with Crippen LogP contribution >= 0.6 is 0 Å². The Bertz CT molecular complexity index is 1020. The average Bonchev–Trinajstić information content (AvgIpc) is 3.10. The van der Waals surface area contributed by atoms with Gasteiger partial charge in [0.05, 0.1) is 11.6 Å². The van der Waals surface area contributed by atoms with Gasteiger partial charge in [-0.05, 0) is 63.5 Å². The molecule has 2 aromatic carbocycles. The lowest BCUT2D eigenvalue weighted by atomic mass is 9.95. The quantitative estimate of drug-likeness (QED) is 0.242. The lowest BCUT2D eigenvalue weighted by Gasteiger charge is -2.27. The third-order valence-corrected chi connectivity index (χ3v) is 6.60. The van der Waals surface area contributed by atoms with Crippen LogP contribution in [-0.2, 0) is 9.59 Å². The minimum absolute atomic E-state index is 0.0957. The standard InChI is InChI=1S/C29H38N2O4/c1-4-6-17-30(18-7-5-2)19-8-20-31-26(22-13-15-24(32)16-14-22)25(28(34)29(31)35)27(33)23-11-9-21(3)10-12-23/h9-16,26,32-33H,4-8,17-20H2,1-3H3/b27-25+. The van der Waals surface area contributed by atoms with E-state index in [4.69, 9.17) is 0 Å². The maximum atomic E-state index is 13.2. The summed E-state index contributed by atoms with van der Waals surface area (Å²) in [5, 5.41) is 20.9. The van der Waals surface area contributed by atoms with Crippen LogP contribution in [0.3, 0.4) is 0 Å². The van der Waals surface area contributed by atoms with E-state index in [1.54, 1.807) is 41.3 Å². The Morgan fingerprint density at radius 3 is 2.03 bits per heavy atom. The number of amides is 1. The van der Waals surface area contributed by atoms with E-state index in [1.807, 2.05) is 19.1 Å². The van der Waals surface area contributed by atoms with Crippen molar-refractivity contribution in [1.82, 2.24) is 9.80 Å². The second-order valence-corrected chi connectivity index (χ2v) is 9.35. The molecule has 35 heavy (non-hydrogen) atoms. The number of aliphatic hydroxyl groups is 1. The van der Waals surface area contributed by atoms with Gasteiger partial charge >= 0.3 is 0 Å². The fourth-order valence-corrected chi connectivity index (χ4v) is 4.54. The van der Waals surface area contributed by atoms with Gasteiger partial charge in [-0.25, -0.2) is 0 Å². The lowest BCUT2D eigenvalue weighted by molar-refractivity contribution is -0.140. The number of hydrogen-bond acceptors (Lipinski definition) is 5. The Balaban J connectivity index is 1.90. The van der Waals surface area contributed by atoms with E-state index < -0.39 is 17.7 Å². The highest BCUT2D eigenvalue weighted by atomic mass is 16.3. The number of unbranched alkanes of at least 4 members (excludes halogenated alkanes) is 2. The number of phenols is 1. The van der Waals surface area contributed by atoms with Gasteiger partial charge in [-0.1, -0.05) is 68.7 Å². The van der Waals surface area contributed by atoms with Crippen molar-refractivity contribution < 1.29 is 19.8 Å². The fourth-order valence-electron chi connectivity index (χ4n) is 4.54. The predicted molar refractivity (Wildman–Crippen MR) is 139 cm³/mol. The van der Waals surface area contributed by atoms with Crippen LogP contribution in [0.1, 0.15) is 68.7 Å². The molecule has 0 radical (unpaired) electrons. The summed E-state index contributed by atoms with van der Waals surface area (Å²) >= 11 is 0. The fraction of sp³-hybridized carbons (Fsp3) is 0.448. The van der Waals surface area contributed by atoms with Crippen molar-refractivity contribution in [3.63, 3.8) is 0 Å². The van der Waals surface area contributed by atoms with Crippen LogP contribution in [0.4, 0.5) is 0 Å². The zero-order chi connectivity index (χ0) is 25.4. The van der Waals surface area contributed by atoms with Gasteiger partial charge in [-0.2, -0.15) is 0 Å². The van der Waals surface area contributed by atoms with E-state index >= 15 is 0 Å². The summed E-state index contributed by atoms with van der Waals surface area (Å²) in [4.78, 5) is 30.3. The molecule has 1 fully saturated rings. The normalized spacial score (nSPS) is 17.5. The third-order valence-electron chi connectivity index (χ3n) is 6.60. The van der Waals surface area contributed by atoms with Gasteiger partial charge in [0.25, 0.3) is 11.7 Å². The van der Waals surface area contributed by atoms with E-state index in [2.05, 4.69) is 18.7 Å². The number of aliphatic hydroxyl groups excluding tert-OH is 1. The SMILES string of the molecule is CCCCN(CCCC)CCCN1C(=O)C(=O)/C(=C(/O)c2ccc(C)cc2)C1c1ccc(O)cc1. The van der Waals surface area contributed by atoms with Gasteiger partial charge in [-0.3, -0.25) is 9.59 Å². The number of benzene rings is 2. The van der Waals surface area contributed by atoms with Gasteiger partial charge in [0.1, 0.15) is 11.5 Å². The first-order valence-electron chi connectivity index (χ1n) is 12.7. The number of nitrogens with zero attached hydrogens (tertiary/aromatic N) is 2. The highest BCUT2D eigenvalue weighted by Gasteiger charge is 2.45.